The van der Waals surface area contributed by atoms with Crippen LogP contribution < -0.4 is 5.73 Å². The SMILES string of the molecule is CCc1ccc(C(CN)N2CCC3CCCCC3C2)cc1. The van der Waals surface area contributed by atoms with Crippen molar-refractivity contribution in [3.8, 4) is 0 Å². The Hall–Kier alpha value is -0.860. The number of hydrogen-bond donors (Lipinski definition) is 1. The fourth-order valence-electron chi connectivity index (χ4n) is 4.38. The van der Waals surface area contributed by atoms with Crippen molar-refractivity contribution >= 4 is 0 Å². The van der Waals surface area contributed by atoms with Gasteiger partial charge in [0.2, 0.25) is 0 Å². The Bertz CT molecular complexity index is 439. The molecule has 3 atom stereocenters. The second-order valence-electron chi connectivity index (χ2n) is 6.93. The fourth-order valence-corrected chi connectivity index (χ4v) is 4.38. The number of nitrogens with two attached hydrogens (primary N) is 1. The van der Waals surface area contributed by atoms with Gasteiger partial charge in [-0.25, -0.2) is 0 Å². The Balaban J connectivity index is 1.70. The van der Waals surface area contributed by atoms with Crippen LogP contribution >= 0.6 is 0 Å². The highest BCUT2D eigenvalue weighted by Gasteiger charge is 2.33. The first kappa shape index (κ1) is 15.1. The van der Waals surface area contributed by atoms with Gasteiger partial charge in [0.25, 0.3) is 0 Å². The predicted octanol–water partition coefficient (Wildman–Crippen LogP) is 3.76. The van der Waals surface area contributed by atoms with Crippen molar-refractivity contribution in [2.75, 3.05) is 19.6 Å². The molecule has 2 heteroatoms. The molecule has 116 valence electrons. The van der Waals surface area contributed by atoms with Crippen molar-refractivity contribution in [3.05, 3.63) is 35.4 Å². The molecule has 0 aromatic heterocycles. The topological polar surface area (TPSA) is 29.3 Å². The molecular weight excluding hydrogens is 256 g/mol. The molecule has 2 aliphatic rings. The van der Waals surface area contributed by atoms with Gasteiger partial charge in [-0.05, 0) is 48.8 Å². The highest BCUT2D eigenvalue weighted by atomic mass is 15.2. The van der Waals surface area contributed by atoms with E-state index in [0.717, 1.165) is 24.8 Å². The monoisotopic (exact) mass is 286 g/mol. The lowest BCUT2D eigenvalue weighted by molar-refractivity contribution is 0.0586. The first-order chi connectivity index (χ1) is 10.3. The number of rotatable bonds is 4. The summed E-state index contributed by atoms with van der Waals surface area (Å²) in [6, 6.07) is 9.54. The molecule has 3 rings (SSSR count). The number of piperidine rings is 1. The molecule has 1 saturated heterocycles. The van der Waals surface area contributed by atoms with Crippen molar-refractivity contribution in [2.45, 2.75) is 51.5 Å². The highest BCUT2D eigenvalue weighted by molar-refractivity contribution is 5.25. The summed E-state index contributed by atoms with van der Waals surface area (Å²) >= 11 is 0. The van der Waals surface area contributed by atoms with Crippen LogP contribution in [0.4, 0.5) is 0 Å². The van der Waals surface area contributed by atoms with Crippen LogP contribution in [-0.4, -0.2) is 24.5 Å². The molecule has 3 unspecified atom stereocenters. The van der Waals surface area contributed by atoms with Gasteiger partial charge in [-0.15, -0.1) is 0 Å². The maximum absolute atomic E-state index is 6.13. The number of hydrogen-bond acceptors (Lipinski definition) is 2. The van der Waals surface area contributed by atoms with Crippen molar-refractivity contribution in [2.24, 2.45) is 17.6 Å². The maximum Gasteiger partial charge on any atom is 0.0470 e. The average Bonchev–Trinajstić information content (AvgIpc) is 2.56. The molecule has 2 nitrogen and oxygen atoms in total. The number of aryl methyl sites for hydroxylation is 1. The normalized spacial score (nSPS) is 28.1. The predicted molar refractivity (Wildman–Crippen MR) is 89.3 cm³/mol. The Morgan fingerprint density at radius 1 is 1.10 bits per heavy atom. The van der Waals surface area contributed by atoms with E-state index in [0.29, 0.717) is 6.04 Å². The Labute approximate surface area is 129 Å². The Kier molecular flexibility index (Phi) is 4.97. The standard InChI is InChI=1S/C19H30N2/c1-2-15-7-9-17(10-8-15)19(13-20)21-12-11-16-5-3-4-6-18(16)14-21/h7-10,16,18-19H,2-6,11-14,20H2,1H3. The van der Waals surface area contributed by atoms with E-state index in [1.165, 1.54) is 56.3 Å². The van der Waals surface area contributed by atoms with Crippen LogP contribution in [0.5, 0.6) is 0 Å². The van der Waals surface area contributed by atoms with E-state index in [2.05, 4.69) is 36.1 Å². The van der Waals surface area contributed by atoms with Crippen molar-refractivity contribution in [1.29, 1.82) is 0 Å². The number of benzene rings is 1. The summed E-state index contributed by atoms with van der Waals surface area (Å²) in [7, 11) is 0. The van der Waals surface area contributed by atoms with Crippen molar-refractivity contribution in [1.82, 2.24) is 4.90 Å². The molecular formula is C19H30N2. The minimum absolute atomic E-state index is 0.416. The molecule has 1 heterocycles. The number of likely N-dealkylation sites (tertiary alicyclic amines) is 1. The lowest BCUT2D eigenvalue weighted by Gasteiger charge is -2.44. The summed E-state index contributed by atoms with van der Waals surface area (Å²) in [6.45, 7) is 5.45. The molecule has 0 amide bonds. The molecule has 1 saturated carbocycles. The fraction of sp³-hybridized carbons (Fsp3) is 0.684. The zero-order chi connectivity index (χ0) is 14.7. The van der Waals surface area contributed by atoms with E-state index in [4.69, 9.17) is 5.73 Å². The van der Waals surface area contributed by atoms with Gasteiger partial charge in [0.05, 0.1) is 0 Å². The van der Waals surface area contributed by atoms with E-state index in [1.807, 2.05) is 0 Å². The molecule has 2 N–H and O–H groups in total. The number of nitrogens with zero attached hydrogens (tertiary/aromatic N) is 1. The third-order valence-corrected chi connectivity index (χ3v) is 5.76. The molecule has 1 aromatic carbocycles. The zero-order valence-electron chi connectivity index (χ0n) is 13.4. The summed E-state index contributed by atoms with van der Waals surface area (Å²) < 4.78 is 0. The zero-order valence-corrected chi connectivity index (χ0v) is 13.4. The van der Waals surface area contributed by atoms with Gasteiger partial charge in [-0.2, -0.15) is 0 Å². The average molecular weight is 286 g/mol. The lowest BCUT2D eigenvalue weighted by atomic mass is 9.74. The molecule has 21 heavy (non-hydrogen) atoms. The second-order valence-corrected chi connectivity index (χ2v) is 6.93. The Morgan fingerprint density at radius 3 is 2.48 bits per heavy atom. The van der Waals surface area contributed by atoms with Crippen LogP contribution in [0.1, 0.15) is 56.2 Å². The molecule has 0 bridgehead atoms. The van der Waals surface area contributed by atoms with Gasteiger partial charge in [-0.1, -0.05) is 50.5 Å². The Morgan fingerprint density at radius 2 is 1.81 bits per heavy atom. The van der Waals surface area contributed by atoms with Gasteiger partial charge >= 0.3 is 0 Å². The summed E-state index contributed by atoms with van der Waals surface area (Å²) in [6.07, 6.45) is 8.30. The number of fused-ring (bicyclic) bond motifs is 1. The van der Waals surface area contributed by atoms with Crippen molar-refractivity contribution < 1.29 is 0 Å². The quantitative estimate of drug-likeness (QED) is 0.913. The summed E-state index contributed by atoms with van der Waals surface area (Å²) in [5, 5.41) is 0. The second kappa shape index (κ2) is 6.93. The molecule has 0 radical (unpaired) electrons. The van der Waals surface area contributed by atoms with Gasteiger partial charge < -0.3 is 5.73 Å². The van der Waals surface area contributed by atoms with Crippen LogP contribution in [-0.2, 0) is 6.42 Å². The van der Waals surface area contributed by atoms with E-state index in [1.54, 1.807) is 0 Å². The minimum Gasteiger partial charge on any atom is -0.329 e. The largest absolute Gasteiger partial charge is 0.329 e. The highest BCUT2D eigenvalue weighted by Crippen LogP contribution is 2.38. The summed E-state index contributed by atoms with van der Waals surface area (Å²) in [5.41, 5.74) is 8.96. The molecule has 1 aliphatic heterocycles. The maximum atomic E-state index is 6.13. The van der Waals surface area contributed by atoms with Gasteiger partial charge in [-0.3, -0.25) is 4.90 Å². The molecule has 1 aromatic rings. The van der Waals surface area contributed by atoms with Crippen LogP contribution in [0.3, 0.4) is 0 Å². The van der Waals surface area contributed by atoms with Crippen LogP contribution in [0.25, 0.3) is 0 Å². The van der Waals surface area contributed by atoms with Gasteiger partial charge in [0.1, 0.15) is 0 Å². The molecule has 1 aliphatic carbocycles. The van der Waals surface area contributed by atoms with E-state index >= 15 is 0 Å². The van der Waals surface area contributed by atoms with Gasteiger partial charge in [0, 0.05) is 19.1 Å². The van der Waals surface area contributed by atoms with Crippen LogP contribution in [0.2, 0.25) is 0 Å². The minimum atomic E-state index is 0.416. The summed E-state index contributed by atoms with van der Waals surface area (Å²) in [5.74, 6) is 1.92. The van der Waals surface area contributed by atoms with E-state index in [9.17, 15) is 0 Å². The third kappa shape index (κ3) is 3.32. The van der Waals surface area contributed by atoms with Crippen molar-refractivity contribution in [3.63, 3.8) is 0 Å². The first-order valence-corrected chi connectivity index (χ1v) is 8.84. The lowest BCUT2D eigenvalue weighted by Crippen LogP contribution is -2.45. The van der Waals surface area contributed by atoms with Gasteiger partial charge in [0.15, 0.2) is 0 Å². The van der Waals surface area contributed by atoms with E-state index < -0.39 is 0 Å². The first-order valence-electron chi connectivity index (χ1n) is 8.84. The smallest absolute Gasteiger partial charge is 0.0470 e. The third-order valence-electron chi connectivity index (χ3n) is 5.76. The molecule has 0 spiro atoms. The van der Waals surface area contributed by atoms with Crippen LogP contribution in [0, 0.1) is 11.8 Å². The summed E-state index contributed by atoms with van der Waals surface area (Å²) in [4.78, 5) is 2.66. The van der Waals surface area contributed by atoms with Crippen LogP contribution in [0.15, 0.2) is 24.3 Å². The van der Waals surface area contributed by atoms with E-state index in [-0.39, 0.29) is 0 Å². The molecule has 2 fully saturated rings.